The van der Waals surface area contributed by atoms with Crippen LogP contribution in [0.2, 0.25) is 0 Å². The summed E-state index contributed by atoms with van der Waals surface area (Å²) in [5, 5.41) is 15.5. The van der Waals surface area contributed by atoms with Gasteiger partial charge in [-0.25, -0.2) is 20.4 Å². The van der Waals surface area contributed by atoms with Gasteiger partial charge in [0, 0.05) is 36.9 Å². The van der Waals surface area contributed by atoms with Crippen molar-refractivity contribution in [3.8, 4) is 0 Å². The molecule has 2 aromatic heterocycles. The fraction of sp³-hybridized carbons (Fsp3) is 0.379. The Bertz CT molecular complexity index is 1380. The minimum atomic E-state index is -1.14. The Labute approximate surface area is 223 Å². The molecule has 9 nitrogen and oxygen atoms in total. The molecule has 1 fully saturated rings. The van der Waals surface area contributed by atoms with Crippen molar-refractivity contribution < 1.29 is 9.90 Å². The van der Waals surface area contributed by atoms with Gasteiger partial charge in [0.2, 0.25) is 5.95 Å². The summed E-state index contributed by atoms with van der Waals surface area (Å²) in [7, 11) is 2.17. The van der Waals surface area contributed by atoms with Crippen LogP contribution in [0.1, 0.15) is 60.8 Å². The van der Waals surface area contributed by atoms with Crippen molar-refractivity contribution >= 4 is 29.1 Å². The molecule has 5 rings (SSSR count). The van der Waals surface area contributed by atoms with Gasteiger partial charge >= 0.3 is 0 Å². The summed E-state index contributed by atoms with van der Waals surface area (Å²) in [4.78, 5) is 28.8. The zero-order valence-corrected chi connectivity index (χ0v) is 22.5. The summed E-state index contributed by atoms with van der Waals surface area (Å²) in [5.74, 6) is 1.01. The lowest BCUT2D eigenvalue weighted by Gasteiger charge is -2.32. The lowest BCUT2D eigenvalue weighted by molar-refractivity contribution is 0.0739. The number of pyridine rings is 1. The first-order valence-electron chi connectivity index (χ1n) is 12.9. The Morgan fingerprint density at radius 1 is 1.26 bits per heavy atom. The van der Waals surface area contributed by atoms with Crippen molar-refractivity contribution in [3.05, 3.63) is 77.6 Å². The highest BCUT2D eigenvalue weighted by molar-refractivity contribution is 5.99. The van der Waals surface area contributed by atoms with Crippen molar-refractivity contribution in [2.75, 3.05) is 30.5 Å². The number of hydrazine groups is 1. The topological polar surface area (TPSA) is 107 Å². The molecule has 0 amide bonds. The van der Waals surface area contributed by atoms with Gasteiger partial charge in [-0.2, -0.15) is 4.98 Å². The number of aromatic nitrogens is 3. The predicted octanol–water partition coefficient (Wildman–Crippen LogP) is 4.35. The Morgan fingerprint density at radius 2 is 2.05 bits per heavy atom. The maximum atomic E-state index is 12.6. The van der Waals surface area contributed by atoms with Crippen molar-refractivity contribution in [2.24, 2.45) is 0 Å². The van der Waals surface area contributed by atoms with Crippen molar-refractivity contribution in [2.45, 2.75) is 51.2 Å². The van der Waals surface area contributed by atoms with E-state index in [4.69, 9.17) is 4.98 Å². The number of fused-ring (bicyclic) bond motifs is 2. The number of nitrogens with one attached hydrogen (secondary N) is 2. The van der Waals surface area contributed by atoms with Gasteiger partial charge in [-0.15, -0.1) is 6.58 Å². The van der Waals surface area contributed by atoms with E-state index in [-0.39, 0.29) is 5.78 Å². The summed E-state index contributed by atoms with van der Waals surface area (Å²) in [6.07, 6.45) is 5.72. The third kappa shape index (κ3) is 5.18. The molecule has 1 spiro atoms. The lowest BCUT2D eigenvalue weighted by Crippen LogP contribution is -2.37. The maximum Gasteiger partial charge on any atom is 0.229 e. The molecule has 0 bridgehead atoms. The van der Waals surface area contributed by atoms with E-state index in [1.54, 1.807) is 37.1 Å². The molecule has 3 N–H and O–H groups in total. The second-order valence-electron chi connectivity index (χ2n) is 10.9. The molecule has 0 saturated heterocycles. The molecular weight excluding hydrogens is 478 g/mol. The number of carbonyl (C=O) groups excluding carboxylic acids is 1. The highest BCUT2D eigenvalue weighted by Crippen LogP contribution is 2.52. The van der Waals surface area contributed by atoms with E-state index in [1.165, 1.54) is 37.1 Å². The standard InChI is InChI=1S/C29H35N7O2/c1-6-14-31-36(25-9-7-8-24(33-25)28(3,4)38)26-22(19(2)37)16-30-27(34-26)32-21-10-11-23-20(15-21)17-35(5)18-29(23)12-13-29/h6-11,15-16,31,38H,1,12-14,17-18H2,2-5H3,(H,30,32,34). The van der Waals surface area contributed by atoms with Crippen LogP contribution in [0.15, 0.2) is 55.3 Å². The van der Waals surface area contributed by atoms with Gasteiger partial charge in [-0.05, 0) is 76.1 Å². The molecule has 3 aromatic rings. The molecule has 1 saturated carbocycles. The first kappa shape index (κ1) is 26.0. The zero-order chi connectivity index (χ0) is 27.1. The highest BCUT2D eigenvalue weighted by atomic mass is 16.3. The van der Waals surface area contributed by atoms with E-state index in [9.17, 15) is 9.90 Å². The SMILES string of the molecule is C=CCNN(c1cccc(C(C)(C)O)n1)c1nc(Nc2ccc3c(c2)CN(C)CC32CC2)ncc1C(C)=O. The maximum absolute atomic E-state index is 12.6. The molecule has 0 atom stereocenters. The molecule has 2 aliphatic rings. The molecule has 0 unspecified atom stereocenters. The van der Waals surface area contributed by atoms with Gasteiger partial charge in [0.15, 0.2) is 11.6 Å². The minimum absolute atomic E-state index is 0.179. The van der Waals surface area contributed by atoms with E-state index >= 15 is 0 Å². The van der Waals surface area contributed by atoms with E-state index in [0.717, 1.165) is 18.8 Å². The van der Waals surface area contributed by atoms with Gasteiger partial charge in [-0.1, -0.05) is 18.2 Å². The van der Waals surface area contributed by atoms with Crippen molar-refractivity contribution in [3.63, 3.8) is 0 Å². The molecule has 1 aromatic carbocycles. The molecule has 9 heteroatoms. The Balaban J connectivity index is 1.52. The molecule has 1 aliphatic heterocycles. The Hall–Kier alpha value is -3.66. The van der Waals surface area contributed by atoms with E-state index < -0.39 is 5.60 Å². The molecule has 198 valence electrons. The molecule has 38 heavy (non-hydrogen) atoms. The van der Waals surface area contributed by atoms with E-state index in [0.29, 0.717) is 40.8 Å². The van der Waals surface area contributed by atoms with Crippen LogP contribution in [-0.2, 0) is 17.6 Å². The van der Waals surface area contributed by atoms with Gasteiger partial charge in [-0.3, -0.25) is 4.79 Å². The molecule has 1 aliphatic carbocycles. The second-order valence-corrected chi connectivity index (χ2v) is 10.9. The van der Waals surface area contributed by atoms with Crippen LogP contribution in [0.5, 0.6) is 0 Å². The van der Waals surface area contributed by atoms with Crippen LogP contribution in [0.3, 0.4) is 0 Å². The number of benzene rings is 1. The third-order valence-electron chi connectivity index (χ3n) is 7.14. The average molecular weight is 514 g/mol. The van der Waals surface area contributed by atoms with Crippen LogP contribution < -0.4 is 15.8 Å². The van der Waals surface area contributed by atoms with E-state index in [2.05, 4.69) is 57.4 Å². The predicted molar refractivity (Wildman–Crippen MR) is 149 cm³/mol. The van der Waals surface area contributed by atoms with E-state index in [1.807, 2.05) is 6.07 Å². The van der Waals surface area contributed by atoms with Crippen molar-refractivity contribution in [1.82, 2.24) is 25.3 Å². The normalized spacial score (nSPS) is 16.1. The van der Waals surface area contributed by atoms with Crippen molar-refractivity contribution in [1.29, 1.82) is 0 Å². The van der Waals surface area contributed by atoms with Gasteiger partial charge in [0.05, 0.1) is 11.3 Å². The molecule has 0 radical (unpaired) electrons. The third-order valence-corrected chi connectivity index (χ3v) is 7.14. The van der Waals surface area contributed by atoms with Crippen LogP contribution in [0, 0.1) is 0 Å². The fourth-order valence-electron chi connectivity index (χ4n) is 5.14. The summed E-state index contributed by atoms with van der Waals surface area (Å²) in [5.41, 5.74) is 6.90. The Kier molecular flexibility index (Phi) is 6.77. The van der Waals surface area contributed by atoms with Crippen LogP contribution in [0.4, 0.5) is 23.3 Å². The highest BCUT2D eigenvalue weighted by Gasteiger charge is 2.48. The van der Waals surface area contributed by atoms with Gasteiger partial charge < -0.3 is 15.3 Å². The smallest absolute Gasteiger partial charge is 0.229 e. The quantitative estimate of drug-likeness (QED) is 0.219. The van der Waals surface area contributed by atoms with Crippen LogP contribution in [-0.4, -0.2) is 50.9 Å². The monoisotopic (exact) mass is 513 g/mol. The lowest BCUT2D eigenvalue weighted by atomic mass is 9.87. The first-order valence-corrected chi connectivity index (χ1v) is 12.9. The number of rotatable bonds is 9. The number of carbonyl (C=O) groups is 1. The summed E-state index contributed by atoms with van der Waals surface area (Å²) >= 11 is 0. The molecular formula is C29H35N7O2. The van der Waals surface area contributed by atoms with Gasteiger partial charge in [0.25, 0.3) is 0 Å². The number of nitrogens with zero attached hydrogens (tertiary/aromatic N) is 5. The van der Waals surface area contributed by atoms with Crippen LogP contribution in [0.25, 0.3) is 0 Å². The number of ketones is 1. The van der Waals surface area contributed by atoms with Crippen LogP contribution >= 0.6 is 0 Å². The summed E-state index contributed by atoms with van der Waals surface area (Å²) in [6, 6.07) is 11.8. The number of aliphatic hydroxyl groups is 1. The largest absolute Gasteiger partial charge is 0.384 e. The summed E-state index contributed by atoms with van der Waals surface area (Å²) in [6.45, 7) is 11.1. The number of hydrogen-bond donors (Lipinski definition) is 3. The zero-order valence-electron chi connectivity index (χ0n) is 22.5. The number of hydrogen-bond acceptors (Lipinski definition) is 9. The fourth-order valence-corrected chi connectivity index (χ4v) is 5.14. The number of Topliss-reactive ketones (excluding diaryl/α,β-unsaturated/α-hetero) is 1. The average Bonchev–Trinajstić information content (AvgIpc) is 3.63. The minimum Gasteiger partial charge on any atom is -0.384 e. The Morgan fingerprint density at radius 3 is 2.74 bits per heavy atom. The number of anilines is 4. The second kappa shape index (κ2) is 9.90. The molecule has 3 heterocycles. The first-order chi connectivity index (χ1) is 18.1. The van der Waals surface area contributed by atoms with Gasteiger partial charge in [0.1, 0.15) is 11.4 Å². The number of likely N-dealkylation sites (N-methyl/N-ethyl adjacent to an activating group) is 1. The summed E-state index contributed by atoms with van der Waals surface area (Å²) < 4.78 is 0.